The number of hydrogen-bond donors (Lipinski definition) is 2. The molecule has 2 bridgehead atoms. The van der Waals surface area contributed by atoms with Crippen molar-refractivity contribution in [1.29, 1.82) is 0 Å². The Morgan fingerprint density at radius 1 is 1.19 bits per heavy atom. The summed E-state index contributed by atoms with van der Waals surface area (Å²) < 4.78 is 10.8. The molecule has 1 saturated heterocycles. The molecule has 0 saturated carbocycles. The molecule has 0 aromatic rings. The van der Waals surface area contributed by atoms with E-state index in [1.165, 1.54) is 0 Å². The van der Waals surface area contributed by atoms with Crippen molar-refractivity contribution in [3.63, 3.8) is 0 Å². The van der Waals surface area contributed by atoms with Gasteiger partial charge in [0.05, 0.1) is 25.4 Å². The molecule has 2 N–H and O–H groups in total. The van der Waals surface area contributed by atoms with Crippen LogP contribution < -0.4 is 0 Å². The maximum absolute atomic E-state index is 12.3. The zero-order valence-corrected chi connectivity index (χ0v) is 12.3. The molecule has 4 unspecified atom stereocenters. The molecule has 0 amide bonds. The first-order valence-electron chi connectivity index (χ1n) is 7.32. The molecular weight excluding hydrogens is 276 g/mol. The van der Waals surface area contributed by atoms with E-state index in [0.29, 0.717) is 12.8 Å². The van der Waals surface area contributed by atoms with Gasteiger partial charge in [0.25, 0.3) is 0 Å². The number of carboxylic acid groups (broad SMARTS) is 1. The van der Waals surface area contributed by atoms with Gasteiger partial charge in [-0.25, -0.2) is 0 Å². The van der Waals surface area contributed by atoms with Crippen molar-refractivity contribution in [2.75, 3.05) is 13.2 Å². The lowest BCUT2D eigenvalue weighted by Gasteiger charge is -2.30. The average molecular weight is 298 g/mol. The second-order valence-electron chi connectivity index (χ2n) is 5.81. The summed E-state index contributed by atoms with van der Waals surface area (Å²) in [5.41, 5.74) is -0.456. The van der Waals surface area contributed by atoms with Crippen molar-refractivity contribution in [3.05, 3.63) is 12.2 Å². The summed E-state index contributed by atoms with van der Waals surface area (Å²) in [7, 11) is 0. The minimum absolute atomic E-state index is 0.0667. The van der Waals surface area contributed by atoms with E-state index >= 15 is 0 Å². The fourth-order valence-electron chi connectivity index (χ4n) is 2.93. The van der Waals surface area contributed by atoms with Crippen LogP contribution in [0.3, 0.4) is 0 Å². The van der Waals surface area contributed by atoms with Crippen LogP contribution in [0.5, 0.6) is 0 Å². The van der Waals surface area contributed by atoms with E-state index < -0.39 is 41.4 Å². The third-order valence-corrected chi connectivity index (χ3v) is 4.81. The van der Waals surface area contributed by atoms with Crippen LogP contribution in [-0.2, 0) is 19.1 Å². The van der Waals surface area contributed by atoms with Gasteiger partial charge in [0, 0.05) is 5.41 Å². The normalized spacial score (nSPS) is 30.6. The Hall–Kier alpha value is -1.40. The smallest absolute Gasteiger partial charge is 0.312 e. The van der Waals surface area contributed by atoms with Crippen LogP contribution >= 0.6 is 0 Å². The predicted octanol–water partition coefficient (Wildman–Crippen LogP) is 0.982. The van der Waals surface area contributed by atoms with Crippen molar-refractivity contribution in [1.82, 2.24) is 0 Å². The summed E-state index contributed by atoms with van der Waals surface area (Å²) in [4.78, 5) is 23.6. The standard InChI is InChI=1S/C15H22O6/c1-3-15(4-2,7-16)8-20-14(19)12-10-6-5-9(21-10)11(12)13(17)18/h5-6,9-12,16H,3-4,7-8H2,1-2H3,(H,17,18). The molecule has 0 aliphatic carbocycles. The predicted molar refractivity (Wildman–Crippen MR) is 73.5 cm³/mol. The maximum Gasteiger partial charge on any atom is 0.312 e. The van der Waals surface area contributed by atoms with Crippen LogP contribution in [0.2, 0.25) is 0 Å². The summed E-state index contributed by atoms with van der Waals surface area (Å²) in [5, 5.41) is 18.7. The molecule has 2 aliphatic rings. The molecule has 21 heavy (non-hydrogen) atoms. The molecule has 4 atom stereocenters. The first-order valence-corrected chi connectivity index (χ1v) is 7.32. The van der Waals surface area contributed by atoms with E-state index in [-0.39, 0.29) is 13.2 Å². The monoisotopic (exact) mass is 298 g/mol. The minimum Gasteiger partial charge on any atom is -0.481 e. The fourth-order valence-corrected chi connectivity index (χ4v) is 2.93. The van der Waals surface area contributed by atoms with Crippen molar-refractivity contribution >= 4 is 11.9 Å². The van der Waals surface area contributed by atoms with Gasteiger partial charge in [0.2, 0.25) is 0 Å². The third-order valence-electron chi connectivity index (χ3n) is 4.81. The molecule has 6 nitrogen and oxygen atoms in total. The lowest BCUT2D eigenvalue weighted by molar-refractivity contribution is -0.160. The van der Waals surface area contributed by atoms with Gasteiger partial charge in [0.1, 0.15) is 11.8 Å². The highest BCUT2D eigenvalue weighted by molar-refractivity contribution is 5.84. The maximum atomic E-state index is 12.3. The van der Waals surface area contributed by atoms with Crippen molar-refractivity contribution in [2.24, 2.45) is 17.3 Å². The minimum atomic E-state index is -1.05. The van der Waals surface area contributed by atoms with E-state index in [2.05, 4.69) is 0 Å². The number of carbonyl (C=O) groups excluding carboxylic acids is 1. The number of rotatable bonds is 7. The van der Waals surface area contributed by atoms with Crippen molar-refractivity contribution in [2.45, 2.75) is 38.9 Å². The van der Waals surface area contributed by atoms with E-state index in [9.17, 15) is 19.8 Å². The largest absolute Gasteiger partial charge is 0.481 e. The Kier molecular flexibility index (Phi) is 4.68. The molecule has 0 spiro atoms. The Bertz CT molecular complexity index is 431. The number of fused-ring (bicyclic) bond motifs is 2. The molecule has 1 fully saturated rings. The van der Waals surface area contributed by atoms with Crippen LogP contribution in [-0.4, -0.2) is 47.6 Å². The zero-order chi connectivity index (χ0) is 15.6. The van der Waals surface area contributed by atoms with Crippen LogP contribution in [0.25, 0.3) is 0 Å². The van der Waals surface area contributed by atoms with Crippen molar-refractivity contribution < 1.29 is 29.3 Å². The summed E-state index contributed by atoms with van der Waals surface area (Å²) in [5.74, 6) is -3.30. The Morgan fingerprint density at radius 2 is 1.76 bits per heavy atom. The summed E-state index contributed by atoms with van der Waals surface area (Å²) in [6.45, 7) is 3.88. The van der Waals surface area contributed by atoms with Gasteiger partial charge in [-0.3, -0.25) is 9.59 Å². The quantitative estimate of drug-likeness (QED) is 0.537. The van der Waals surface area contributed by atoms with Gasteiger partial charge in [-0.15, -0.1) is 0 Å². The molecule has 0 radical (unpaired) electrons. The molecule has 2 heterocycles. The highest BCUT2D eigenvalue weighted by Gasteiger charge is 2.54. The zero-order valence-electron chi connectivity index (χ0n) is 12.3. The summed E-state index contributed by atoms with van der Waals surface area (Å²) >= 11 is 0. The van der Waals surface area contributed by atoms with Crippen LogP contribution in [0.4, 0.5) is 0 Å². The fraction of sp³-hybridized carbons (Fsp3) is 0.733. The second-order valence-corrected chi connectivity index (χ2v) is 5.81. The molecule has 0 aromatic heterocycles. The molecule has 118 valence electrons. The van der Waals surface area contributed by atoms with E-state index in [0.717, 1.165) is 0 Å². The number of carboxylic acids is 1. The topological polar surface area (TPSA) is 93.1 Å². The second kappa shape index (κ2) is 6.15. The van der Waals surface area contributed by atoms with Gasteiger partial charge in [-0.2, -0.15) is 0 Å². The van der Waals surface area contributed by atoms with E-state index in [4.69, 9.17) is 9.47 Å². The van der Waals surface area contributed by atoms with Gasteiger partial charge in [-0.05, 0) is 12.8 Å². The number of carbonyl (C=O) groups is 2. The highest BCUT2D eigenvalue weighted by Crippen LogP contribution is 2.40. The first-order chi connectivity index (χ1) is 9.98. The number of aliphatic hydroxyl groups is 1. The Morgan fingerprint density at radius 3 is 2.24 bits per heavy atom. The Labute approximate surface area is 123 Å². The van der Waals surface area contributed by atoms with Crippen LogP contribution in [0.15, 0.2) is 12.2 Å². The highest BCUT2D eigenvalue weighted by atomic mass is 16.5. The average Bonchev–Trinajstić information content (AvgIpc) is 3.09. The number of aliphatic hydroxyl groups excluding tert-OH is 1. The number of aliphatic carboxylic acids is 1. The SMILES string of the molecule is CCC(CC)(CO)COC(=O)C1C2C=CC(O2)C1C(=O)O. The van der Waals surface area contributed by atoms with Gasteiger partial charge < -0.3 is 19.7 Å². The number of ether oxygens (including phenoxy) is 2. The van der Waals surface area contributed by atoms with Crippen LogP contribution in [0.1, 0.15) is 26.7 Å². The molecule has 2 aliphatic heterocycles. The number of hydrogen-bond acceptors (Lipinski definition) is 5. The Balaban J connectivity index is 2.03. The summed E-state index contributed by atoms with van der Waals surface area (Å²) in [6, 6.07) is 0. The molecule has 6 heteroatoms. The van der Waals surface area contributed by atoms with Gasteiger partial charge in [-0.1, -0.05) is 26.0 Å². The number of esters is 1. The van der Waals surface area contributed by atoms with E-state index in [1.807, 2.05) is 13.8 Å². The van der Waals surface area contributed by atoms with E-state index in [1.54, 1.807) is 12.2 Å². The lowest BCUT2D eigenvalue weighted by atomic mass is 9.82. The summed E-state index contributed by atoms with van der Waals surface area (Å²) in [6.07, 6.45) is 3.70. The first kappa shape index (κ1) is 16.0. The molecule has 2 rings (SSSR count). The van der Waals surface area contributed by atoms with Gasteiger partial charge in [0.15, 0.2) is 0 Å². The third kappa shape index (κ3) is 2.82. The van der Waals surface area contributed by atoms with Gasteiger partial charge >= 0.3 is 11.9 Å². The van der Waals surface area contributed by atoms with Crippen molar-refractivity contribution in [3.8, 4) is 0 Å². The molecule has 0 aromatic carbocycles. The molecular formula is C15H22O6. The van der Waals surface area contributed by atoms with Crippen LogP contribution in [0, 0.1) is 17.3 Å². The lowest BCUT2D eigenvalue weighted by Crippen LogP contribution is -2.39.